The number of amides is 1. The first-order chi connectivity index (χ1) is 9.57. The summed E-state index contributed by atoms with van der Waals surface area (Å²) in [4.78, 5) is 11.7. The minimum Gasteiger partial charge on any atom is -0.375 e. The summed E-state index contributed by atoms with van der Waals surface area (Å²) in [5.41, 5.74) is 1.08. The van der Waals surface area contributed by atoms with Crippen molar-refractivity contribution in [3.63, 3.8) is 0 Å². The zero-order valence-corrected chi connectivity index (χ0v) is 12.1. The molecule has 0 aromatic heterocycles. The van der Waals surface area contributed by atoms with Gasteiger partial charge in [-0.15, -0.1) is 0 Å². The molecule has 110 valence electrons. The largest absolute Gasteiger partial charge is 0.375 e. The van der Waals surface area contributed by atoms with Gasteiger partial charge in [0.25, 0.3) is 0 Å². The maximum Gasteiger partial charge on any atom is 0.224 e. The summed E-state index contributed by atoms with van der Waals surface area (Å²) >= 11 is 0. The van der Waals surface area contributed by atoms with E-state index in [1.54, 1.807) is 0 Å². The van der Waals surface area contributed by atoms with E-state index in [1.807, 2.05) is 30.3 Å². The van der Waals surface area contributed by atoms with Gasteiger partial charge in [-0.3, -0.25) is 4.79 Å². The second-order valence-corrected chi connectivity index (χ2v) is 7.16. The summed E-state index contributed by atoms with van der Waals surface area (Å²) in [5, 5.41) is 2.72. The number of carbonyl (C=O) groups excluding carboxylic acids is 1. The lowest BCUT2D eigenvalue weighted by molar-refractivity contribution is -0.124. The van der Waals surface area contributed by atoms with E-state index in [-0.39, 0.29) is 17.4 Å². The van der Waals surface area contributed by atoms with Crippen LogP contribution in [0.15, 0.2) is 30.3 Å². The molecule has 1 N–H and O–H groups in total. The minimum absolute atomic E-state index is 0.0241. The van der Waals surface area contributed by atoms with Gasteiger partial charge < -0.3 is 10.1 Å². The van der Waals surface area contributed by atoms with Gasteiger partial charge in [0, 0.05) is 6.54 Å². The van der Waals surface area contributed by atoms with E-state index in [9.17, 15) is 13.2 Å². The summed E-state index contributed by atoms with van der Waals surface area (Å²) in [6.07, 6.45) is 0.430. The highest BCUT2D eigenvalue weighted by Crippen LogP contribution is 2.18. The molecule has 0 bridgehead atoms. The number of rotatable bonds is 6. The summed E-state index contributed by atoms with van der Waals surface area (Å²) in [7, 11) is -3.00. The Balaban J connectivity index is 1.61. The van der Waals surface area contributed by atoms with Crippen molar-refractivity contribution in [2.45, 2.75) is 13.0 Å². The summed E-state index contributed by atoms with van der Waals surface area (Å²) in [5.74, 6) is -0.484. The van der Waals surface area contributed by atoms with Gasteiger partial charge in [-0.2, -0.15) is 0 Å². The number of carbonyl (C=O) groups is 1. The highest BCUT2D eigenvalue weighted by Gasteiger charge is 2.32. The number of ether oxygens (including phenoxy) is 1. The Bertz CT molecular complexity index is 542. The van der Waals surface area contributed by atoms with Crippen molar-refractivity contribution < 1.29 is 17.9 Å². The molecular weight excluding hydrogens is 278 g/mol. The first-order valence-corrected chi connectivity index (χ1v) is 8.49. The maximum absolute atomic E-state index is 11.7. The molecule has 1 saturated heterocycles. The Labute approximate surface area is 119 Å². The Morgan fingerprint density at radius 1 is 1.30 bits per heavy atom. The second kappa shape index (κ2) is 6.85. The van der Waals surface area contributed by atoms with Crippen molar-refractivity contribution in [2.24, 2.45) is 5.92 Å². The Kier molecular flexibility index (Phi) is 5.14. The highest BCUT2D eigenvalue weighted by atomic mass is 32.2. The third-order valence-electron chi connectivity index (χ3n) is 3.26. The van der Waals surface area contributed by atoms with E-state index in [4.69, 9.17) is 4.74 Å². The van der Waals surface area contributed by atoms with Gasteiger partial charge in [-0.1, -0.05) is 30.3 Å². The maximum atomic E-state index is 11.7. The lowest BCUT2D eigenvalue weighted by Gasteiger charge is -2.09. The van der Waals surface area contributed by atoms with Crippen LogP contribution in [0.5, 0.6) is 0 Å². The fraction of sp³-hybridized carbons (Fsp3) is 0.500. The van der Waals surface area contributed by atoms with Crippen molar-refractivity contribution in [2.75, 3.05) is 24.7 Å². The van der Waals surface area contributed by atoms with Crippen molar-refractivity contribution in [1.82, 2.24) is 5.32 Å². The summed E-state index contributed by atoms with van der Waals surface area (Å²) in [6.45, 7) is 1.33. The molecule has 0 aliphatic carbocycles. The average Bonchev–Trinajstić information content (AvgIpc) is 2.80. The summed E-state index contributed by atoms with van der Waals surface area (Å²) in [6, 6.07) is 9.78. The van der Waals surface area contributed by atoms with Crippen LogP contribution in [0.3, 0.4) is 0 Å². The summed E-state index contributed by atoms with van der Waals surface area (Å²) < 4.78 is 28.0. The first-order valence-electron chi connectivity index (χ1n) is 6.67. The quantitative estimate of drug-likeness (QED) is 0.787. The SMILES string of the molecule is O=C(NCCOCc1ccccc1)[C@H]1CCS(=O)(=O)C1. The van der Waals surface area contributed by atoms with E-state index in [0.29, 0.717) is 26.2 Å². The van der Waals surface area contributed by atoms with E-state index in [0.717, 1.165) is 5.56 Å². The van der Waals surface area contributed by atoms with Gasteiger partial charge in [-0.05, 0) is 12.0 Å². The van der Waals surface area contributed by atoms with Crippen molar-refractivity contribution in [1.29, 1.82) is 0 Å². The van der Waals surface area contributed by atoms with Gasteiger partial charge >= 0.3 is 0 Å². The number of sulfone groups is 1. The van der Waals surface area contributed by atoms with Crippen LogP contribution in [-0.2, 0) is 26.0 Å². The number of benzene rings is 1. The van der Waals surface area contributed by atoms with Crippen molar-refractivity contribution in [3.05, 3.63) is 35.9 Å². The monoisotopic (exact) mass is 297 g/mol. The molecule has 1 aliphatic heterocycles. The predicted molar refractivity (Wildman–Crippen MR) is 75.9 cm³/mol. The zero-order chi connectivity index (χ0) is 14.4. The molecule has 1 aromatic rings. The molecule has 1 fully saturated rings. The van der Waals surface area contributed by atoms with Crippen LogP contribution in [0.25, 0.3) is 0 Å². The predicted octanol–water partition coefficient (Wildman–Crippen LogP) is 0.754. The molecule has 20 heavy (non-hydrogen) atoms. The normalized spacial score (nSPS) is 20.7. The Hall–Kier alpha value is -1.40. The van der Waals surface area contributed by atoms with Crippen LogP contribution in [0.4, 0.5) is 0 Å². The van der Waals surface area contributed by atoms with Gasteiger partial charge in [0.2, 0.25) is 5.91 Å². The fourth-order valence-electron chi connectivity index (χ4n) is 2.16. The minimum atomic E-state index is -3.00. The van der Waals surface area contributed by atoms with Crippen LogP contribution < -0.4 is 5.32 Å². The molecule has 1 aliphatic rings. The average molecular weight is 297 g/mol. The third-order valence-corrected chi connectivity index (χ3v) is 5.03. The zero-order valence-electron chi connectivity index (χ0n) is 11.2. The number of hydrogen-bond acceptors (Lipinski definition) is 4. The lowest BCUT2D eigenvalue weighted by Crippen LogP contribution is -2.33. The molecule has 0 unspecified atom stereocenters. The Morgan fingerprint density at radius 2 is 2.05 bits per heavy atom. The standard InChI is InChI=1S/C14H19NO4S/c16-14(13-6-9-20(17,18)11-13)15-7-8-19-10-12-4-2-1-3-5-12/h1-5,13H,6-11H2,(H,15,16)/t13-/m0/s1. The molecule has 1 amide bonds. The molecule has 1 atom stereocenters. The van der Waals surface area contributed by atoms with Crippen molar-refractivity contribution >= 4 is 15.7 Å². The van der Waals surface area contributed by atoms with Crippen LogP contribution >= 0.6 is 0 Å². The number of nitrogens with one attached hydrogen (secondary N) is 1. The molecule has 5 nitrogen and oxygen atoms in total. The number of hydrogen-bond donors (Lipinski definition) is 1. The molecule has 6 heteroatoms. The van der Waals surface area contributed by atoms with Gasteiger partial charge in [-0.25, -0.2) is 8.42 Å². The fourth-order valence-corrected chi connectivity index (χ4v) is 3.90. The molecule has 1 heterocycles. The van der Waals surface area contributed by atoms with E-state index >= 15 is 0 Å². The topological polar surface area (TPSA) is 72.5 Å². The van der Waals surface area contributed by atoms with Crippen LogP contribution in [-0.4, -0.2) is 39.0 Å². The second-order valence-electron chi connectivity index (χ2n) is 4.93. The van der Waals surface area contributed by atoms with Crippen LogP contribution in [0.1, 0.15) is 12.0 Å². The van der Waals surface area contributed by atoms with E-state index in [1.165, 1.54) is 0 Å². The Morgan fingerprint density at radius 3 is 2.70 bits per heavy atom. The van der Waals surface area contributed by atoms with E-state index in [2.05, 4.69) is 5.32 Å². The lowest BCUT2D eigenvalue weighted by atomic mass is 10.1. The molecule has 0 saturated carbocycles. The van der Waals surface area contributed by atoms with E-state index < -0.39 is 15.8 Å². The molecule has 2 rings (SSSR count). The molecule has 1 aromatic carbocycles. The molecule has 0 radical (unpaired) electrons. The smallest absolute Gasteiger partial charge is 0.224 e. The van der Waals surface area contributed by atoms with Gasteiger partial charge in [0.15, 0.2) is 9.84 Å². The highest BCUT2D eigenvalue weighted by molar-refractivity contribution is 7.91. The molecular formula is C14H19NO4S. The van der Waals surface area contributed by atoms with Crippen molar-refractivity contribution in [3.8, 4) is 0 Å². The third kappa shape index (κ3) is 4.61. The van der Waals surface area contributed by atoms with Gasteiger partial charge in [0.1, 0.15) is 0 Å². The first kappa shape index (κ1) is 15.0. The van der Waals surface area contributed by atoms with Gasteiger partial charge in [0.05, 0.1) is 30.6 Å². The van der Waals surface area contributed by atoms with Crippen LogP contribution in [0, 0.1) is 5.92 Å². The molecule has 0 spiro atoms. The van der Waals surface area contributed by atoms with Crippen LogP contribution in [0.2, 0.25) is 0 Å².